The maximum atomic E-state index is 14.2. The maximum Gasteiger partial charge on any atom is 0.165 e. The Hall–Kier alpha value is -0.610. The van der Waals surface area contributed by atoms with Crippen molar-refractivity contribution >= 4 is 5.78 Å². The van der Waals surface area contributed by atoms with Gasteiger partial charge in [-0.15, -0.1) is 0 Å². The summed E-state index contributed by atoms with van der Waals surface area (Å²) in [7, 11) is 1.64. The van der Waals surface area contributed by atoms with Gasteiger partial charge in [-0.05, 0) is 111 Å². The smallest absolute Gasteiger partial charge is 0.165 e. The Balaban J connectivity index is 1.21. The van der Waals surface area contributed by atoms with Crippen molar-refractivity contribution in [3.05, 3.63) is 0 Å². The molecule has 4 N–H and O–H groups in total. The lowest BCUT2D eigenvalue weighted by Gasteiger charge is -2.59. The third-order valence-corrected chi connectivity index (χ3v) is 15.0. The van der Waals surface area contributed by atoms with Crippen LogP contribution in [0.3, 0.4) is 0 Å². The Morgan fingerprint density at radius 2 is 1.70 bits per heavy atom. The number of carbonyl (C=O) groups excluding carboxylic acids is 1. The van der Waals surface area contributed by atoms with Crippen molar-refractivity contribution in [3.8, 4) is 0 Å². The molecule has 44 heavy (non-hydrogen) atoms. The molecule has 15 atom stereocenters. The second kappa shape index (κ2) is 11.0. The Kier molecular flexibility index (Phi) is 8.30. The number of Topliss-reactive ketones (excluding diaryl/α,β-unsaturated/α-hetero) is 1. The minimum Gasteiger partial charge on any atom is -0.390 e. The standard InChI is InChI=1S/C36H60O8/c1-19(9-12-26(42-8)33(5,6)41)28-30(39)31(40)29-21-10-11-24-32(3,4)25(44-27-17-22(37)23(38)18-43-27)13-14-36(24)20(2)35(21,36)16-15-34(28,29)7/h19-30,37-39,41H,9-18H2,1-8H3/t19-,20+,21+,22-,23-,24?,25+,26+,27?,28?,29?,30+,34-,35+,36?/m1/s1. The number of aliphatic hydroxyl groups excluding tert-OH is 3. The number of hydrogen-bond donors (Lipinski definition) is 4. The Labute approximate surface area is 264 Å². The summed E-state index contributed by atoms with van der Waals surface area (Å²) in [6, 6.07) is 0. The maximum absolute atomic E-state index is 14.2. The van der Waals surface area contributed by atoms with E-state index < -0.39 is 30.2 Å². The first-order valence-electron chi connectivity index (χ1n) is 17.6. The number of aliphatic hydroxyl groups is 4. The van der Waals surface area contributed by atoms with Gasteiger partial charge in [0.2, 0.25) is 0 Å². The highest BCUT2D eigenvalue weighted by Crippen LogP contribution is 2.89. The molecular formula is C36H60O8. The van der Waals surface area contributed by atoms with E-state index in [2.05, 4.69) is 34.6 Å². The van der Waals surface area contributed by atoms with Crippen LogP contribution in [0.15, 0.2) is 0 Å². The average Bonchev–Trinajstić information content (AvgIpc) is 3.39. The van der Waals surface area contributed by atoms with Crippen LogP contribution in [0, 0.1) is 57.2 Å². The van der Waals surface area contributed by atoms with Gasteiger partial charge >= 0.3 is 0 Å². The van der Waals surface area contributed by atoms with Gasteiger partial charge in [0.25, 0.3) is 0 Å². The summed E-state index contributed by atoms with van der Waals surface area (Å²) >= 11 is 0. The molecule has 6 aliphatic rings. The van der Waals surface area contributed by atoms with Crippen LogP contribution < -0.4 is 0 Å². The highest BCUT2D eigenvalue weighted by atomic mass is 16.7. The minimum absolute atomic E-state index is 0.0146. The first-order valence-corrected chi connectivity index (χ1v) is 17.6. The lowest BCUT2D eigenvalue weighted by molar-refractivity contribution is -0.264. The monoisotopic (exact) mass is 620 g/mol. The van der Waals surface area contributed by atoms with Crippen molar-refractivity contribution in [2.24, 2.45) is 57.2 Å². The summed E-state index contributed by atoms with van der Waals surface area (Å²) in [6.45, 7) is 15.3. The van der Waals surface area contributed by atoms with E-state index in [0.29, 0.717) is 30.6 Å². The van der Waals surface area contributed by atoms with Crippen molar-refractivity contribution in [2.45, 2.75) is 149 Å². The van der Waals surface area contributed by atoms with Crippen LogP contribution >= 0.6 is 0 Å². The van der Waals surface area contributed by atoms with E-state index >= 15 is 0 Å². The third kappa shape index (κ3) is 4.51. The van der Waals surface area contributed by atoms with Gasteiger partial charge in [0.1, 0.15) is 12.2 Å². The molecule has 0 aromatic carbocycles. The van der Waals surface area contributed by atoms with E-state index in [4.69, 9.17) is 14.2 Å². The van der Waals surface area contributed by atoms with Crippen LogP contribution in [0.2, 0.25) is 0 Å². The van der Waals surface area contributed by atoms with Gasteiger partial charge < -0.3 is 34.6 Å². The van der Waals surface area contributed by atoms with Crippen molar-refractivity contribution in [1.82, 2.24) is 0 Å². The molecule has 2 spiro atoms. The molecule has 5 unspecified atom stereocenters. The topological polar surface area (TPSA) is 126 Å². The molecule has 8 nitrogen and oxygen atoms in total. The zero-order valence-electron chi connectivity index (χ0n) is 28.4. The van der Waals surface area contributed by atoms with Gasteiger partial charge in [0.15, 0.2) is 12.1 Å². The van der Waals surface area contributed by atoms with Gasteiger partial charge in [-0.3, -0.25) is 4.79 Å². The van der Waals surface area contributed by atoms with E-state index in [1.54, 1.807) is 21.0 Å². The molecule has 6 rings (SSSR count). The zero-order chi connectivity index (χ0) is 32.2. The van der Waals surface area contributed by atoms with Crippen molar-refractivity contribution in [2.75, 3.05) is 13.7 Å². The van der Waals surface area contributed by atoms with E-state index in [0.717, 1.165) is 44.9 Å². The first kappa shape index (κ1) is 33.3. The lowest BCUT2D eigenvalue weighted by Crippen LogP contribution is -2.56. The fourth-order valence-electron chi connectivity index (χ4n) is 13.0. The summed E-state index contributed by atoms with van der Waals surface area (Å²) in [5, 5.41) is 42.3. The van der Waals surface area contributed by atoms with Gasteiger partial charge in [-0.1, -0.05) is 34.6 Å². The van der Waals surface area contributed by atoms with Crippen LogP contribution in [-0.2, 0) is 19.0 Å². The molecule has 252 valence electrons. The number of methoxy groups -OCH3 is 1. The molecule has 0 aromatic rings. The summed E-state index contributed by atoms with van der Waals surface area (Å²) in [6.07, 6.45) is 4.59. The molecular weight excluding hydrogens is 560 g/mol. The second-order valence-corrected chi connectivity index (χ2v) is 17.4. The van der Waals surface area contributed by atoms with Crippen LogP contribution in [0.4, 0.5) is 0 Å². The normalized spacial score (nSPS) is 51.0. The number of ketones is 1. The average molecular weight is 621 g/mol. The van der Waals surface area contributed by atoms with E-state index in [1.165, 1.54) is 0 Å². The quantitative estimate of drug-likeness (QED) is 0.293. The van der Waals surface area contributed by atoms with E-state index in [9.17, 15) is 25.2 Å². The summed E-state index contributed by atoms with van der Waals surface area (Å²) < 4.78 is 18.0. The fourth-order valence-corrected chi connectivity index (χ4v) is 13.0. The van der Waals surface area contributed by atoms with Crippen molar-refractivity contribution in [3.63, 3.8) is 0 Å². The molecule has 8 heteroatoms. The predicted octanol–water partition coefficient (Wildman–Crippen LogP) is 4.49. The van der Waals surface area contributed by atoms with Gasteiger partial charge in [-0.25, -0.2) is 0 Å². The highest BCUT2D eigenvalue weighted by molar-refractivity contribution is 5.90. The minimum atomic E-state index is -0.942. The molecule has 0 amide bonds. The Morgan fingerprint density at radius 1 is 1.00 bits per heavy atom. The Bertz CT molecular complexity index is 1100. The van der Waals surface area contributed by atoms with Crippen LogP contribution in [0.5, 0.6) is 0 Å². The Morgan fingerprint density at radius 3 is 2.34 bits per heavy atom. The fraction of sp³-hybridized carbons (Fsp3) is 0.972. The lowest BCUT2D eigenvalue weighted by atomic mass is 9.46. The number of fused-ring (bicyclic) bond motifs is 2. The van der Waals surface area contributed by atoms with Crippen LogP contribution in [0.25, 0.3) is 0 Å². The molecule has 1 aliphatic heterocycles. The largest absolute Gasteiger partial charge is 0.390 e. The molecule has 5 saturated carbocycles. The number of hydrogen-bond acceptors (Lipinski definition) is 8. The van der Waals surface area contributed by atoms with Crippen molar-refractivity contribution in [1.29, 1.82) is 0 Å². The van der Waals surface area contributed by atoms with Gasteiger partial charge in [0.05, 0.1) is 30.5 Å². The molecule has 0 aromatic heterocycles. The van der Waals surface area contributed by atoms with Crippen molar-refractivity contribution < 1.29 is 39.4 Å². The highest BCUT2D eigenvalue weighted by Gasteiger charge is 2.85. The van der Waals surface area contributed by atoms with Crippen LogP contribution in [-0.4, -0.2) is 82.3 Å². The molecule has 5 aliphatic carbocycles. The third-order valence-electron chi connectivity index (χ3n) is 15.0. The summed E-state index contributed by atoms with van der Waals surface area (Å²) in [5.41, 5.74) is -0.918. The molecule has 1 heterocycles. The zero-order valence-corrected chi connectivity index (χ0v) is 28.4. The van der Waals surface area contributed by atoms with E-state index in [-0.39, 0.29) is 64.0 Å². The van der Waals surface area contributed by atoms with E-state index in [1.807, 2.05) is 0 Å². The SMILES string of the molecule is CO[C@@H](CC[C@@H](C)C1[C@H](O)C(=O)C2[C@@H]3CCC4C(C)(C)[C@@H](OC5C[C@@H](O)[C@H](O)CO5)CCC45[C@@H](C)[C@@]35CC[C@]12C)C(C)(C)O. The number of rotatable bonds is 8. The van der Waals surface area contributed by atoms with Gasteiger partial charge in [0, 0.05) is 25.4 Å². The summed E-state index contributed by atoms with van der Waals surface area (Å²) in [5.74, 6) is 1.37. The number of carbonyl (C=O) groups is 1. The second-order valence-electron chi connectivity index (χ2n) is 17.4. The summed E-state index contributed by atoms with van der Waals surface area (Å²) in [4.78, 5) is 14.2. The van der Waals surface area contributed by atoms with Crippen LogP contribution in [0.1, 0.15) is 106 Å². The first-order chi connectivity index (χ1) is 20.5. The predicted molar refractivity (Wildman–Crippen MR) is 165 cm³/mol. The van der Waals surface area contributed by atoms with Gasteiger partial charge in [-0.2, -0.15) is 0 Å². The molecule has 1 saturated heterocycles. The molecule has 6 fully saturated rings. The number of ether oxygens (including phenoxy) is 3. The molecule has 0 radical (unpaired) electrons. The molecule has 0 bridgehead atoms.